The first kappa shape index (κ1) is 61.6. The molecule has 0 saturated heterocycles. The van der Waals surface area contributed by atoms with Gasteiger partial charge in [0, 0.05) is 12.5 Å². The van der Waals surface area contributed by atoms with E-state index in [1.54, 1.807) is 0 Å². The highest BCUT2D eigenvalue weighted by atomic mass is 19.4. The quantitative estimate of drug-likeness (QED) is 0.0804. The molecule has 0 heterocycles. The van der Waals surface area contributed by atoms with Crippen molar-refractivity contribution in [1.82, 2.24) is 5.32 Å². The molecule has 0 fully saturated rings. The van der Waals surface area contributed by atoms with Crippen molar-refractivity contribution < 1.29 is 163 Å². The minimum absolute atomic E-state index is 0.00575. The predicted octanol–water partition coefficient (Wildman–Crippen LogP) is 13.2. The van der Waals surface area contributed by atoms with Crippen molar-refractivity contribution >= 4 is 17.7 Å². The lowest BCUT2D eigenvalue weighted by atomic mass is 9.82. The molecule has 0 aliphatic heterocycles. The highest BCUT2D eigenvalue weighted by molar-refractivity contribution is 6.00. The molecule has 0 bridgehead atoms. The smallest absolute Gasteiger partial charge is 0.349 e. The first-order valence-corrected chi connectivity index (χ1v) is 15.8. The third-order valence-corrected chi connectivity index (χ3v) is 8.92. The van der Waals surface area contributed by atoms with E-state index >= 15 is 0 Å². The Hall–Kier alpha value is -4.38. The molecule has 396 valence electrons. The van der Waals surface area contributed by atoms with Gasteiger partial charge in [-0.2, -0.15) is 159 Å². The second-order valence-corrected chi connectivity index (χ2v) is 13.6. The van der Waals surface area contributed by atoms with Crippen LogP contribution in [0.25, 0.3) is 0 Å². The summed E-state index contributed by atoms with van der Waals surface area (Å²) in [6.07, 6.45) is -11.0. The van der Waals surface area contributed by atoms with E-state index in [-0.39, 0.29) is 12.5 Å². The van der Waals surface area contributed by atoms with Crippen LogP contribution >= 0.6 is 0 Å². The van der Waals surface area contributed by atoms with Crippen LogP contribution in [0.4, 0.5) is 159 Å². The Labute approximate surface area is 348 Å². The Morgan fingerprint density at radius 3 is 0.956 bits per heavy atom. The van der Waals surface area contributed by atoms with Crippen LogP contribution in [0.2, 0.25) is 0 Å². The lowest BCUT2D eigenvalue weighted by molar-refractivity contribution is -0.492. The van der Waals surface area contributed by atoms with E-state index in [1.807, 2.05) is 0 Å². The van der Waals surface area contributed by atoms with Crippen LogP contribution in [0.3, 0.4) is 0 Å². The Morgan fingerprint density at radius 2 is 0.706 bits per heavy atom. The fraction of sp³-hybridized carbons (Fsp3) is 0.724. The van der Waals surface area contributed by atoms with Gasteiger partial charge < -0.3 is 5.32 Å². The van der Waals surface area contributed by atoms with Crippen molar-refractivity contribution in [3.8, 4) is 0 Å². The van der Waals surface area contributed by atoms with E-state index < -0.39 is 131 Å². The summed E-state index contributed by atoms with van der Waals surface area (Å²) in [5.41, 5.74) is -2.01. The minimum atomic E-state index is -10.4. The molecule has 4 nitrogen and oxygen atoms in total. The molecule has 1 aromatic rings. The largest absolute Gasteiger partial charge is 0.460 e. The number of carbonyl (C=O) groups is 1. The summed E-state index contributed by atoms with van der Waals surface area (Å²) >= 11 is 0. The maximum Gasteiger partial charge on any atom is 0.460 e. The van der Waals surface area contributed by atoms with Gasteiger partial charge in [-0.05, 0) is 25.5 Å². The summed E-state index contributed by atoms with van der Waals surface area (Å²) in [6, 6.07) is -0.276. The molecule has 0 spiro atoms. The van der Waals surface area contributed by atoms with Gasteiger partial charge in [0.25, 0.3) is 5.91 Å². The molecule has 1 N–H and O–H groups in total. The molecule has 1 aromatic carbocycles. The van der Waals surface area contributed by atoms with Crippen LogP contribution in [-0.4, -0.2) is 119 Å². The van der Waals surface area contributed by atoms with Crippen molar-refractivity contribution in [3.05, 3.63) is 29.3 Å². The standard InChI is InChI=1S/C29H13F35N2O2/c1-8-4-3-5-10(65-7-67)11(8)12(68)66-9(2)6-13(30,31)14(32,33)15(34,35)16(36,37)17(38,39)18(40,41)19(42,43)20(44,45)21(46,47)22(48,49)23(50,51)24(52,53)25(54,55)26(56,57)27(58,59)28(60,61)29(62,63)64/h3-5,9H,6H2,1-2H3,(H,66,68). The molecule has 0 aliphatic rings. The average molecular weight is 1090 g/mol. The lowest BCUT2D eigenvalue weighted by Crippen LogP contribution is -2.80. The molecule has 0 radical (unpaired) electrons. The number of amides is 1. The first-order valence-electron chi connectivity index (χ1n) is 15.8. The van der Waals surface area contributed by atoms with E-state index in [9.17, 15) is 163 Å². The Kier molecular flexibility index (Phi) is 15.1. The van der Waals surface area contributed by atoms with Gasteiger partial charge in [-0.3, -0.25) is 4.79 Å². The maximum atomic E-state index is 14.5. The second kappa shape index (κ2) is 16.6. The SMILES string of the molecule is Cc1cccc(N=C=O)c1C(=O)NC(C)CC(F)(F)C(F)(F)C(F)(F)C(F)(F)C(F)(F)C(F)(F)C(F)(F)C(F)(F)C(F)(F)C(F)(F)C(F)(F)C(F)(F)C(F)(F)C(F)(F)C(F)(F)C(F)(F)C(F)(F)F. The van der Waals surface area contributed by atoms with Crippen LogP contribution < -0.4 is 5.32 Å². The number of nitrogens with zero attached hydrogens (tertiary/aromatic N) is 1. The van der Waals surface area contributed by atoms with E-state index in [0.29, 0.717) is 0 Å². The van der Waals surface area contributed by atoms with Crippen LogP contribution in [0.5, 0.6) is 0 Å². The molecule has 68 heavy (non-hydrogen) atoms. The number of hydrogen-bond acceptors (Lipinski definition) is 3. The summed E-state index contributed by atoms with van der Waals surface area (Å²) in [6.45, 7) is 0.929. The summed E-state index contributed by atoms with van der Waals surface area (Å²) in [5.74, 6) is -157. The fourth-order valence-corrected chi connectivity index (χ4v) is 4.92. The van der Waals surface area contributed by atoms with Gasteiger partial charge in [0.05, 0.1) is 11.3 Å². The molecular weight excluding hydrogens is 1070 g/mol. The summed E-state index contributed by atoms with van der Waals surface area (Å²) in [7, 11) is 0. The molecule has 1 amide bonds. The van der Waals surface area contributed by atoms with Gasteiger partial charge in [-0.15, -0.1) is 0 Å². The van der Waals surface area contributed by atoms with Gasteiger partial charge >= 0.3 is 101 Å². The Balaban J connectivity index is 3.94. The highest BCUT2D eigenvalue weighted by Crippen LogP contribution is 2.70. The van der Waals surface area contributed by atoms with Crippen molar-refractivity contribution in [1.29, 1.82) is 0 Å². The van der Waals surface area contributed by atoms with E-state index in [2.05, 4.69) is 4.99 Å². The van der Waals surface area contributed by atoms with Crippen molar-refractivity contribution in [2.45, 2.75) is 127 Å². The maximum absolute atomic E-state index is 14.5. The number of aliphatic imine (C=N–C) groups is 1. The highest BCUT2D eigenvalue weighted by Gasteiger charge is 3.02. The Bertz CT molecular complexity index is 2080. The molecule has 1 atom stereocenters. The number of rotatable bonds is 20. The molecule has 0 saturated carbocycles. The van der Waals surface area contributed by atoms with Crippen molar-refractivity contribution in [3.63, 3.8) is 0 Å². The number of hydrogen-bond donors (Lipinski definition) is 1. The molecular formula is C29H13F35N2O2. The number of nitrogens with one attached hydrogen (secondary N) is 1. The van der Waals surface area contributed by atoms with Crippen molar-refractivity contribution in [2.75, 3.05) is 0 Å². The molecule has 0 aromatic heterocycles. The topological polar surface area (TPSA) is 58.5 Å². The number of carbonyl (C=O) groups excluding carboxylic acids is 2. The zero-order chi connectivity index (χ0) is 55.3. The Morgan fingerprint density at radius 1 is 0.456 bits per heavy atom. The zero-order valence-corrected chi connectivity index (χ0v) is 31.0. The predicted molar refractivity (Wildman–Crippen MR) is 146 cm³/mol. The summed E-state index contributed by atoms with van der Waals surface area (Å²) in [4.78, 5) is 25.9. The number of aryl methyl sites for hydroxylation is 1. The van der Waals surface area contributed by atoms with Crippen LogP contribution in [0, 0.1) is 6.92 Å². The normalized spacial score (nSPS) is 16.4. The summed E-state index contributed by atoms with van der Waals surface area (Å²) < 4.78 is 485. The molecule has 1 rings (SSSR count). The minimum Gasteiger partial charge on any atom is -0.349 e. The fourth-order valence-electron chi connectivity index (χ4n) is 4.92. The zero-order valence-electron chi connectivity index (χ0n) is 31.0. The van der Waals surface area contributed by atoms with Gasteiger partial charge in [0.2, 0.25) is 6.08 Å². The number of isocyanates is 1. The lowest BCUT2D eigenvalue weighted by Gasteiger charge is -2.47. The second-order valence-electron chi connectivity index (χ2n) is 13.6. The van der Waals surface area contributed by atoms with E-state index in [1.165, 1.54) is 5.32 Å². The summed E-state index contributed by atoms with van der Waals surface area (Å²) in [5, 5.41) is 1.18. The third-order valence-electron chi connectivity index (χ3n) is 8.92. The van der Waals surface area contributed by atoms with Crippen molar-refractivity contribution in [2.24, 2.45) is 4.99 Å². The van der Waals surface area contributed by atoms with Crippen LogP contribution in [-0.2, 0) is 4.79 Å². The van der Waals surface area contributed by atoms with E-state index in [0.717, 1.165) is 31.2 Å². The third kappa shape index (κ3) is 7.87. The van der Waals surface area contributed by atoms with Crippen LogP contribution in [0.15, 0.2) is 23.2 Å². The number of halogens is 35. The van der Waals surface area contributed by atoms with Gasteiger partial charge in [0.1, 0.15) is 0 Å². The number of benzene rings is 1. The monoisotopic (exact) mass is 1090 g/mol. The van der Waals surface area contributed by atoms with Crippen LogP contribution in [0.1, 0.15) is 29.3 Å². The molecule has 0 aliphatic carbocycles. The number of alkyl halides is 35. The van der Waals surface area contributed by atoms with Gasteiger partial charge in [0.15, 0.2) is 0 Å². The van der Waals surface area contributed by atoms with Gasteiger partial charge in [-0.1, -0.05) is 12.1 Å². The molecule has 39 heteroatoms. The van der Waals surface area contributed by atoms with Gasteiger partial charge in [-0.25, -0.2) is 4.79 Å². The molecule has 1 unspecified atom stereocenters. The van der Waals surface area contributed by atoms with E-state index in [4.69, 9.17) is 0 Å². The first-order chi connectivity index (χ1) is 29.2. The average Bonchev–Trinajstić information content (AvgIpc) is 3.12.